The van der Waals surface area contributed by atoms with Crippen LogP contribution in [0.5, 0.6) is 0 Å². The summed E-state index contributed by atoms with van der Waals surface area (Å²) in [6.07, 6.45) is 5.76. The van der Waals surface area contributed by atoms with Crippen molar-refractivity contribution < 1.29 is 14.7 Å². The van der Waals surface area contributed by atoms with Gasteiger partial charge in [-0.3, -0.25) is 4.79 Å². The van der Waals surface area contributed by atoms with Crippen molar-refractivity contribution in [3.05, 3.63) is 36.0 Å². The molecule has 21 heavy (non-hydrogen) atoms. The summed E-state index contributed by atoms with van der Waals surface area (Å²) < 4.78 is 1.69. The van der Waals surface area contributed by atoms with E-state index in [1.54, 1.807) is 16.9 Å². The average molecular weight is 289 g/mol. The van der Waals surface area contributed by atoms with Crippen LogP contribution >= 0.6 is 0 Å². The number of hydrogen-bond acceptors (Lipinski definition) is 5. The molecule has 2 aromatic heterocycles. The van der Waals surface area contributed by atoms with Crippen molar-refractivity contribution >= 4 is 17.7 Å². The molecule has 0 fully saturated rings. The highest BCUT2D eigenvalue weighted by atomic mass is 16.4. The van der Waals surface area contributed by atoms with Crippen molar-refractivity contribution in [1.82, 2.24) is 19.7 Å². The maximum atomic E-state index is 12.0. The Kier molecular flexibility index (Phi) is 4.60. The summed E-state index contributed by atoms with van der Waals surface area (Å²) in [6.45, 7) is 2.78. The maximum Gasteiger partial charge on any atom is 0.356 e. The molecule has 1 amide bonds. The Morgan fingerprint density at radius 3 is 2.62 bits per heavy atom. The van der Waals surface area contributed by atoms with E-state index in [1.807, 2.05) is 0 Å². The van der Waals surface area contributed by atoms with Crippen molar-refractivity contribution in [2.75, 3.05) is 5.32 Å². The van der Waals surface area contributed by atoms with Gasteiger partial charge in [0.1, 0.15) is 11.5 Å². The van der Waals surface area contributed by atoms with Gasteiger partial charge < -0.3 is 10.4 Å². The number of hydrogen-bond donors (Lipinski definition) is 2. The molecule has 0 atom stereocenters. The van der Waals surface area contributed by atoms with E-state index in [2.05, 4.69) is 27.3 Å². The molecular weight excluding hydrogens is 274 g/mol. The van der Waals surface area contributed by atoms with Crippen LogP contribution in [0.2, 0.25) is 0 Å². The number of nitrogens with zero attached hydrogens (tertiary/aromatic N) is 4. The Hall–Kier alpha value is -2.77. The van der Waals surface area contributed by atoms with Gasteiger partial charge in [-0.15, -0.1) is 0 Å². The second-order valence-electron chi connectivity index (χ2n) is 4.34. The monoisotopic (exact) mass is 289 g/mol. The van der Waals surface area contributed by atoms with E-state index in [4.69, 9.17) is 5.11 Å². The molecule has 110 valence electrons. The van der Waals surface area contributed by atoms with Gasteiger partial charge in [0.2, 0.25) is 0 Å². The zero-order valence-corrected chi connectivity index (χ0v) is 11.5. The lowest BCUT2D eigenvalue weighted by Gasteiger charge is -2.08. The summed E-state index contributed by atoms with van der Waals surface area (Å²) in [7, 11) is 0. The van der Waals surface area contributed by atoms with Crippen molar-refractivity contribution in [2.24, 2.45) is 0 Å². The van der Waals surface area contributed by atoms with Gasteiger partial charge in [0.05, 0.1) is 18.6 Å². The van der Waals surface area contributed by atoms with Crippen LogP contribution in [-0.4, -0.2) is 36.7 Å². The molecular formula is C13H15N5O3. The van der Waals surface area contributed by atoms with Crippen LogP contribution in [0.3, 0.4) is 0 Å². The first-order valence-corrected chi connectivity index (χ1v) is 6.50. The van der Waals surface area contributed by atoms with Gasteiger partial charge in [0.15, 0.2) is 5.69 Å². The third-order valence-corrected chi connectivity index (χ3v) is 2.79. The normalized spacial score (nSPS) is 10.3. The number of aryl methyl sites for hydroxylation is 1. The molecule has 2 N–H and O–H groups in total. The third-order valence-electron chi connectivity index (χ3n) is 2.79. The van der Waals surface area contributed by atoms with Gasteiger partial charge in [0, 0.05) is 12.6 Å². The fourth-order valence-electron chi connectivity index (χ4n) is 1.66. The minimum atomic E-state index is -1.19. The van der Waals surface area contributed by atoms with Crippen LogP contribution in [0.25, 0.3) is 0 Å². The van der Waals surface area contributed by atoms with E-state index >= 15 is 0 Å². The highest BCUT2D eigenvalue weighted by Gasteiger charge is 2.13. The van der Waals surface area contributed by atoms with E-state index in [0.29, 0.717) is 12.4 Å². The van der Waals surface area contributed by atoms with Gasteiger partial charge in [-0.1, -0.05) is 13.3 Å². The summed E-state index contributed by atoms with van der Waals surface area (Å²) in [6, 6.07) is 1.69. The minimum Gasteiger partial charge on any atom is -0.476 e. The number of rotatable bonds is 6. The number of carboxylic acids is 1. The van der Waals surface area contributed by atoms with Crippen molar-refractivity contribution in [3.8, 4) is 0 Å². The van der Waals surface area contributed by atoms with Gasteiger partial charge >= 0.3 is 5.97 Å². The van der Waals surface area contributed by atoms with Gasteiger partial charge in [-0.25, -0.2) is 19.4 Å². The number of unbranched alkanes of at least 4 members (excludes halogenated alkanes) is 1. The summed E-state index contributed by atoms with van der Waals surface area (Å²) in [5.74, 6) is -1.08. The van der Waals surface area contributed by atoms with Crippen LogP contribution in [0.15, 0.2) is 24.7 Å². The number of carbonyl (C=O) groups is 2. The largest absolute Gasteiger partial charge is 0.476 e. The summed E-state index contributed by atoms with van der Waals surface area (Å²) >= 11 is 0. The number of carbonyl (C=O) groups excluding carboxylic acids is 1. The molecule has 0 unspecified atom stereocenters. The Bertz CT molecular complexity index is 636. The maximum absolute atomic E-state index is 12.0. The second kappa shape index (κ2) is 6.60. The third kappa shape index (κ3) is 3.62. The molecule has 0 bridgehead atoms. The predicted molar refractivity (Wildman–Crippen MR) is 74.1 cm³/mol. The number of aromatic nitrogens is 4. The fourth-order valence-corrected chi connectivity index (χ4v) is 1.66. The number of carboxylic acid groups (broad SMARTS) is 1. The zero-order chi connectivity index (χ0) is 15.2. The topological polar surface area (TPSA) is 110 Å². The smallest absolute Gasteiger partial charge is 0.356 e. The highest BCUT2D eigenvalue weighted by molar-refractivity contribution is 6.02. The van der Waals surface area contributed by atoms with Crippen LogP contribution in [0.4, 0.5) is 5.82 Å². The number of anilines is 1. The van der Waals surface area contributed by atoms with Crippen LogP contribution < -0.4 is 5.32 Å². The van der Waals surface area contributed by atoms with E-state index in [1.165, 1.54) is 0 Å². The number of amides is 1. The van der Waals surface area contributed by atoms with Gasteiger partial charge in [-0.05, 0) is 6.42 Å². The highest BCUT2D eigenvalue weighted by Crippen LogP contribution is 2.09. The number of aromatic carboxylic acids is 1. The molecule has 0 saturated carbocycles. The predicted octanol–water partition coefficient (Wildman–Crippen LogP) is 1.42. The molecule has 0 aliphatic rings. The van der Waals surface area contributed by atoms with Crippen LogP contribution in [0, 0.1) is 0 Å². The van der Waals surface area contributed by atoms with Crippen LogP contribution in [0.1, 0.15) is 40.7 Å². The standard InChI is InChI=1S/C13H15N5O3/c1-2-3-6-18-11(4-5-16-18)17-12(19)9-7-15-10(8-14-9)13(20)21/h4-5,7-8H,2-3,6H2,1H3,(H,17,19)(H,20,21). The lowest BCUT2D eigenvalue weighted by molar-refractivity contribution is 0.0689. The molecule has 2 aromatic rings. The minimum absolute atomic E-state index is 0.0447. The van der Waals surface area contributed by atoms with Crippen molar-refractivity contribution in [3.63, 3.8) is 0 Å². The van der Waals surface area contributed by atoms with Crippen molar-refractivity contribution in [1.29, 1.82) is 0 Å². The summed E-state index contributed by atoms with van der Waals surface area (Å²) in [4.78, 5) is 30.1. The molecule has 2 heterocycles. The van der Waals surface area contributed by atoms with Gasteiger partial charge in [-0.2, -0.15) is 5.10 Å². The van der Waals surface area contributed by atoms with Crippen LogP contribution in [-0.2, 0) is 6.54 Å². The summed E-state index contributed by atoms with van der Waals surface area (Å²) in [5, 5.41) is 15.5. The molecule has 0 radical (unpaired) electrons. The quantitative estimate of drug-likeness (QED) is 0.832. The van der Waals surface area contributed by atoms with E-state index in [-0.39, 0.29) is 11.4 Å². The Morgan fingerprint density at radius 2 is 2.00 bits per heavy atom. The molecule has 0 saturated heterocycles. The summed E-state index contributed by atoms with van der Waals surface area (Å²) in [5.41, 5.74) is -0.164. The molecule has 0 aliphatic heterocycles. The Balaban J connectivity index is 2.07. The van der Waals surface area contributed by atoms with Gasteiger partial charge in [0.25, 0.3) is 5.91 Å². The molecule has 8 heteroatoms. The Morgan fingerprint density at radius 1 is 1.29 bits per heavy atom. The first-order chi connectivity index (χ1) is 10.1. The SMILES string of the molecule is CCCCn1nccc1NC(=O)c1cnc(C(=O)O)cn1. The molecule has 8 nitrogen and oxygen atoms in total. The first kappa shape index (κ1) is 14.6. The first-order valence-electron chi connectivity index (χ1n) is 6.50. The lowest BCUT2D eigenvalue weighted by atomic mass is 10.3. The molecule has 0 spiro atoms. The zero-order valence-electron chi connectivity index (χ0n) is 11.5. The second-order valence-corrected chi connectivity index (χ2v) is 4.34. The fraction of sp³-hybridized carbons (Fsp3) is 0.308. The Labute approximate surface area is 120 Å². The van der Waals surface area contributed by atoms with E-state index < -0.39 is 11.9 Å². The van der Waals surface area contributed by atoms with Crippen molar-refractivity contribution in [2.45, 2.75) is 26.3 Å². The molecule has 2 rings (SSSR count). The molecule has 0 aliphatic carbocycles. The number of nitrogens with one attached hydrogen (secondary N) is 1. The van der Waals surface area contributed by atoms with E-state index in [9.17, 15) is 9.59 Å². The van der Waals surface area contributed by atoms with E-state index in [0.717, 1.165) is 25.2 Å². The molecule has 0 aromatic carbocycles. The lowest BCUT2D eigenvalue weighted by Crippen LogP contribution is -2.18. The average Bonchev–Trinajstić information content (AvgIpc) is 2.92.